The number of hydrogen-bond donors (Lipinski definition) is 1. The Labute approximate surface area is 53.1 Å². The van der Waals surface area contributed by atoms with Crippen LogP contribution in [0.3, 0.4) is 0 Å². The Morgan fingerprint density at radius 3 is 2.33 bits per heavy atom. The zero-order valence-corrected chi connectivity index (χ0v) is 6.13. The van der Waals surface area contributed by atoms with Crippen LogP contribution in [0.25, 0.3) is 0 Å². The van der Waals surface area contributed by atoms with E-state index in [0.717, 1.165) is 7.11 Å². The fourth-order valence-electron chi connectivity index (χ4n) is 0.268. The fraction of sp³-hybridized carbons (Fsp3) is 1.00. The first-order valence-corrected chi connectivity index (χ1v) is 3.78. The molecule has 56 valence electrons. The molecule has 1 unspecified atom stereocenters. The van der Waals surface area contributed by atoms with Gasteiger partial charge in [0.15, 0.2) is 0 Å². The molecule has 0 aromatic rings. The third kappa shape index (κ3) is 2.93. The SMILES string of the molecule is CCOP(=O)(OC)OO. The Balaban J connectivity index is 3.78. The van der Waals surface area contributed by atoms with Gasteiger partial charge in [0.2, 0.25) is 0 Å². The van der Waals surface area contributed by atoms with Gasteiger partial charge >= 0.3 is 7.82 Å². The van der Waals surface area contributed by atoms with Gasteiger partial charge in [-0.3, -0.25) is 9.05 Å². The van der Waals surface area contributed by atoms with Crippen molar-refractivity contribution < 1.29 is 23.5 Å². The minimum absolute atomic E-state index is 0.158. The van der Waals surface area contributed by atoms with E-state index in [1.54, 1.807) is 6.92 Å². The monoisotopic (exact) mass is 156 g/mol. The number of rotatable bonds is 4. The van der Waals surface area contributed by atoms with Gasteiger partial charge in [0.25, 0.3) is 0 Å². The average molecular weight is 156 g/mol. The second-order valence-electron chi connectivity index (χ2n) is 1.13. The van der Waals surface area contributed by atoms with Crippen molar-refractivity contribution in [2.24, 2.45) is 0 Å². The summed E-state index contributed by atoms with van der Waals surface area (Å²) in [5.41, 5.74) is 0. The van der Waals surface area contributed by atoms with Crippen LogP contribution < -0.4 is 0 Å². The molecule has 0 radical (unpaired) electrons. The molecule has 0 saturated carbocycles. The fourth-order valence-corrected chi connectivity index (χ4v) is 0.803. The number of phosphoric acid groups is 1. The lowest BCUT2D eigenvalue weighted by Gasteiger charge is -2.08. The van der Waals surface area contributed by atoms with Gasteiger partial charge in [0, 0.05) is 7.11 Å². The van der Waals surface area contributed by atoms with Crippen LogP contribution in [-0.4, -0.2) is 19.0 Å². The van der Waals surface area contributed by atoms with Crippen molar-refractivity contribution in [1.29, 1.82) is 0 Å². The normalized spacial score (nSPS) is 17.2. The molecule has 0 aliphatic heterocycles. The van der Waals surface area contributed by atoms with Crippen molar-refractivity contribution in [3.05, 3.63) is 0 Å². The zero-order chi connectivity index (χ0) is 7.33. The van der Waals surface area contributed by atoms with Crippen molar-refractivity contribution in [3.8, 4) is 0 Å². The van der Waals surface area contributed by atoms with Gasteiger partial charge < -0.3 is 0 Å². The molecular formula is C3H9O5P. The van der Waals surface area contributed by atoms with Gasteiger partial charge in [-0.25, -0.2) is 9.82 Å². The van der Waals surface area contributed by atoms with Gasteiger partial charge in [0.1, 0.15) is 0 Å². The third-order valence-electron chi connectivity index (χ3n) is 0.611. The third-order valence-corrected chi connectivity index (χ3v) is 1.83. The Morgan fingerprint density at radius 1 is 1.67 bits per heavy atom. The lowest BCUT2D eigenvalue weighted by Crippen LogP contribution is -1.93. The highest BCUT2D eigenvalue weighted by molar-refractivity contribution is 7.48. The summed E-state index contributed by atoms with van der Waals surface area (Å²) in [6.07, 6.45) is 0. The van der Waals surface area contributed by atoms with E-state index in [-0.39, 0.29) is 6.61 Å². The molecule has 0 spiro atoms. The van der Waals surface area contributed by atoms with E-state index in [1.165, 1.54) is 0 Å². The topological polar surface area (TPSA) is 65.0 Å². The van der Waals surface area contributed by atoms with Crippen LogP contribution in [0, 0.1) is 0 Å². The predicted molar refractivity (Wildman–Crippen MR) is 30.0 cm³/mol. The van der Waals surface area contributed by atoms with Crippen molar-refractivity contribution in [3.63, 3.8) is 0 Å². The Bertz CT molecular complexity index is 105. The molecule has 5 nitrogen and oxygen atoms in total. The molecule has 6 heteroatoms. The molecule has 0 amide bonds. The molecule has 0 aliphatic rings. The van der Waals surface area contributed by atoms with E-state index >= 15 is 0 Å². The lowest BCUT2D eigenvalue weighted by molar-refractivity contribution is -0.164. The summed E-state index contributed by atoms with van der Waals surface area (Å²) < 4.78 is 22.6. The highest BCUT2D eigenvalue weighted by Crippen LogP contribution is 2.46. The van der Waals surface area contributed by atoms with Gasteiger partial charge in [0.05, 0.1) is 6.61 Å². The Kier molecular flexibility index (Phi) is 4.01. The van der Waals surface area contributed by atoms with E-state index in [0.29, 0.717) is 0 Å². The lowest BCUT2D eigenvalue weighted by atomic mass is 10.9. The molecule has 0 saturated heterocycles. The van der Waals surface area contributed by atoms with Crippen LogP contribution in [0.15, 0.2) is 0 Å². The molecule has 0 fully saturated rings. The van der Waals surface area contributed by atoms with E-state index < -0.39 is 7.82 Å². The van der Waals surface area contributed by atoms with E-state index in [1.807, 2.05) is 0 Å². The molecular weight excluding hydrogens is 147 g/mol. The molecule has 0 rings (SSSR count). The maximum Gasteiger partial charge on any atom is 0.501 e. The highest BCUT2D eigenvalue weighted by Gasteiger charge is 2.23. The summed E-state index contributed by atoms with van der Waals surface area (Å²) in [5, 5.41) is 7.90. The van der Waals surface area contributed by atoms with Crippen molar-refractivity contribution >= 4 is 7.82 Å². The zero-order valence-electron chi connectivity index (χ0n) is 5.23. The van der Waals surface area contributed by atoms with Crippen LogP contribution >= 0.6 is 7.82 Å². The largest absolute Gasteiger partial charge is 0.501 e. The van der Waals surface area contributed by atoms with Gasteiger partial charge in [-0.1, -0.05) is 0 Å². The predicted octanol–water partition coefficient (Wildman–Crippen LogP) is 1.27. The summed E-state index contributed by atoms with van der Waals surface area (Å²) in [5.74, 6) is 0. The maximum absolute atomic E-state index is 10.6. The molecule has 0 heterocycles. The van der Waals surface area contributed by atoms with Crippen LogP contribution in [-0.2, 0) is 18.3 Å². The van der Waals surface area contributed by atoms with Gasteiger partial charge in [-0.2, -0.15) is 0 Å². The summed E-state index contributed by atoms with van der Waals surface area (Å²) in [6.45, 7) is 1.76. The van der Waals surface area contributed by atoms with E-state index in [9.17, 15) is 4.57 Å². The van der Waals surface area contributed by atoms with Gasteiger partial charge in [-0.05, 0) is 6.92 Å². The Hall–Kier alpha value is 0.0700. The number of phosphoric ester groups is 1. The first-order valence-electron chi connectivity index (χ1n) is 2.32. The number of hydrogen-bond acceptors (Lipinski definition) is 5. The first kappa shape index (κ1) is 9.07. The van der Waals surface area contributed by atoms with Gasteiger partial charge in [-0.15, -0.1) is 4.67 Å². The van der Waals surface area contributed by atoms with Crippen LogP contribution in [0.2, 0.25) is 0 Å². The van der Waals surface area contributed by atoms with E-state index in [2.05, 4.69) is 13.7 Å². The van der Waals surface area contributed by atoms with Crippen LogP contribution in [0.1, 0.15) is 6.92 Å². The smallest absolute Gasteiger partial charge is 0.289 e. The first-order chi connectivity index (χ1) is 4.18. The second kappa shape index (κ2) is 3.98. The maximum atomic E-state index is 10.6. The molecule has 1 atom stereocenters. The van der Waals surface area contributed by atoms with Crippen molar-refractivity contribution in [2.75, 3.05) is 13.7 Å². The van der Waals surface area contributed by atoms with Crippen LogP contribution in [0.4, 0.5) is 0 Å². The van der Waals surface area contributed by atoms with Crippen molar-refractivity contribution in [2.45, 2.75) is 6.92 Å². The molecule has 0 bridgehead atoms. The standard InChI is InChI=1S/C3H9O5P/c1-3-7-9(5,6-2)8-4/h4H,3H2,1-2H3. The van der Waals surface area contributed by atoms with Crippen LogP contribution in [0.5, 0.6) is 0 Å². The van der Waals surface area contributed by atoms with Crippen molar-refractivity contribution in [1.82, 2.24) is 0 Å². The molecule has 0 aromatic heterocycles. The minimum atomic E-state index is -3.63. The summed E-state index contributed by atoms with van der Waals surface area (Å²) >= 11 is 0. The highest BCUT2D eigenvalue weighted by atomic mass is 31.2. The molecule has 9 heavy (non-hydrogen) atoms. The van der Waals surface area contributed by atoms with E-state index in [4.69, 9.17) is 5.26 Å². The summed E-state index contributed by atoms with van der Waals surface area (Å²) in [6, 6.07) is 0. The second-order valence-corrected chi connectivity index (χ2v) is 2.81. The molecule has 0 aliphatic carbocycles. The minimum Gasteiger partial charge on any atom is -0.289 e. The summed E-state index contributed by atoms with van der Waals surface area (Å²) in [7, 11) is -2.51. The molecule has 1 N–H and O–H groups in total. The quantitative estimate of drug-likeness (QED) is 0.377. The Morgan fingerprint density at radius 2 is 2.22 bits per heavy atom. The summed E-state index contributed by atoms with van der Waals surface area (Å²) in [4.78, 5) is 0. The molecule has 0 aromatic carbocycles. The average Bonchev–Trinajstić information content (AvgIpc) is 1.89.